The maximum Gasteiger partial charge on any atom is 0.342 e. The smallest absolute Gasteiger partial charge is 0.342 e. The highest BCUT2D eigenvalue weighted by Gasteiger charge is 2.16. The number of aromatic nitrogens is 1. The van der Waals surface area contributed by atoms with Gasteiger partial charge in [0.15, 0.2) is 0 Å². The second-order valence-electron chi connectivity index (χ2n) is 5.48. The lowest BCUT2D eigenvalue weighted by molar-refractivity contribution is 0.0463. The van der Waals surface area contributed by atoms with Gasteiger partial charge in [0.25, 0.3) is 0 Å². The summed E-state index contributed by atoms with van der Waals surface area (Å²) in [4.78, 5) is 16.5. The Hall–Kier alpha value is -3.08. The van der Waals surface area contributed by atoms with Gasteiger partial charge in [-0.1, -0.05) is 29.8 Å². The molecule has 3 rings (SSSR count). The molecule has 2 aromatic carbocycles. The zero-order valence-corrected chi connectivity index (χ0v) is 13.4. The van der Waals surface area contributed by atoms with E-state index in [1.54, 1.807) is 19.1 Å². The summed E-state index contributed by atoms with van der Waals surface area (Å²) in [5.74, 6) is 0.375. The Morgan fingerprint density at radius 3 is 2.67 bits per heavy atom. The van der Waals surface area contributed by atoms with Crippen molar-refractivity contribution in [3.63, 3.8) is 0 Å². The van der Waals surface area contributed by atoms with Gasteiger partial charge < -0.3 is 14.3 Å². The summed E-state index contributed by atoms with van der Waals surface area (Å²) in [6.07, 6.45) is 0. The summed E-state index contributed by atoms with van der Waals surface area (Å²) in [6, 6.07) is 14.3. The number of carbonyl (C=O) groups excluding carboxylic acids is 1. The van der Waals surface area contributed by atoms with Crippen LogP contribution in [-0.4, -0.2) is 16.1 Å². The molecule has 0 saturated carbocycles. The monoisotopic (exact) mass is 323 g/mol. The number of benzene rings is 2. The lowest BCUT2D eigenvalue weighted by atomic mass is 10.1. The zero-order valence-electron chi connectivity index (χ0n) is 13.4. The maximum absolute atomic E-state index is 12.1. The van der Waals surface area contributed by atoms with E-state index in [9.17, 15) is 9.90 Å². The molecule has 5 heteroatoms. The van der Waals surface area contributed by atoms with E-state index in [0.29, 0.717) is 17.3 Å². The first kappa shape index (κ1) is 15.8. The van der Waals surface area contributed by atoms with Crippen molar-refractivity contribution < 1.29 is 19.1 Å². The van der Waals surface area contributed by atoms with Gasteiger partial charge >= 0.3 is 5.97 Å². The van der Waals surface area contributed by atoms with E-state index in [0.717, 1.165) is 11.1 Å². The summed E-state index contributed by atoms with van der Waals surface area (Å²) < 4.78 is 10.9. The second kappa shape index (κ2) is 6.58. The molecule has 5 nitrogen and oxygen atoms in total. The minimum absolute atomic E-state index is 0.0195. The van der Waals surface area contributed by atoms with Crippen LogP contribution < -0.4 is 0 Å². The molecule has 1 aromatic heterocycles. The fraction of sp³-hybridized carbons (Fsp3) is 0.158. The summed E-state index contributed by atoms with van der Waals surface area (Å²) in [7, 11) is 0. The van der Waals surface area contributed by atoms with Crippen LogP contribution in [0.2, 0.25) is 0 Å². The van der Waals surface area contributed by atoms with Gasteiger partial charge in [-0.25, -0.2) is 9.78 Å². The van der Waals surface area contributed by atoms with Gasteiger partial charge in [0.1, 0.15) is 29.4 Å². The first-order valence-electron chi connectivity index (χ1n) is 7.53. The number of aryl methyl sites for hydroxylation is 2. The average Bonchev–Trinajstić information content (AvgIpc) is 2.96. The van der Waals surface area contributed by atoms with Gasteiger partial charge in [-0.05, 0) is 38.1 Å². The molecular weight excluding hydrogens is 306 g/mol. The predicted molar refractivity (Wildman–Crippen MR) is 88.6 cm³/mol. The van der Waals surface area contributed by atoms with Crippen molar-refractivity contribution in [3.8, 4) is 17.2 Å². The molecule has 1 N–H and O–H groups in total. The number of esters is 1. The quantitative estimate of drug-likeness (QED) is 0.734. The summed E-state index contributed by atoms with van der Waals surface area (Å²) in [6.45, 7) is 3.59. The number of oxazole rings is 1. The molecule has 122 valence electrons. The molecule has 0 fully saturated rings. The Morgan fingerprint density at radius 1 is 1.17 bits per heavy atom. The van der Waals surface area contributed by atoms with Crippen LogP contribution in [0.1, 0.15) is 27.4 Å². The number of hydrogen-bond acceptors (Lipinski definition) is 5. The SMILES string of the molecule is Cc1ccc(O)c(C(=O)OCc2nc(-c3ccccc3)oc2C)c1. The van der Waals surface area contributed by atoms with E-state index in [1.807, 2.05) is 37.3 Å². The van der Waals surface area contributed by atoms with Crippen molar-refractivity contribution in [1.29, 1.82) is 0 Å². The molecule has 0 aliphatic heterocycles. The molecule has 0 aliphatic rings. The summed E-state index contributed by atoms with van der Waals surface area (Å²) in [5, 5.41) is 9.77. The van der Waals surface area contributed by atoms with Crippen LogP contribution in [-0.2, 0) is 11.3 Å². The van der Waals surface area contributed by atoms with Crippen LogP contribution in [0, 0.1) is 13.8 Å². The fourth-order valence-electron chi connectivity index (χ4n) is 2.29. The van der Waals surface area contributed by atoms with Crippen molar-refractivity contribution in [2.75, 3.05) is 0 Å². The molecule has 0 spiro atoms. The number of carbonyl (C=O) groups is 1. The van der Waals surface area contributed by atoms with Gasteiger partial charge in [0.05, 0.1) is 0 Å². The third-order valence-corrected chi connectivity index (χ3v) is 3.63. The first-order valence-corrected chi connectivity index (χ1v) is 7.53. The minimum atomic E-state index is -0.597. The lowest BCUT2D eigenvalue weighted by Crippen LogP contribution is -2.06. The van der Waals surface area contributed by atoms with Crippen molar-refractivity contribution in [1.82, 2.24) is 4.98 Å². The van der Waals surface area contributed by atoms with Crippen LogP contribution in [0.4, 0.5) is 0 Å². The van der Waals surface area contributed by atoms with Crippen LogP contribution in [0.3, 0.4) is 0 Å². The minimum Gasteiger partial charge on any atom is -0.507 e. The normalized spacial score (nSPS) is 10.6. The van der Waals surface area contributed by atoms with Crippen molar-refractivity contribution in [3.05, 3.63) is 71.1 Å². The fourth-order valence-corrected chi connectivity index (χ4v) is 2.29. The number of hydrogen-bond donors (Lipinski definition) is 1. The highest BCUT2D eigenvalue weighted by molar-refractivity contribution is 5.92. The number of aromatic hydroxyl groups is 1. The van der Waals surface area contributed by atoms with Crippen LogP contribution in [0.15, 0.2) is 52.9 Å². The van der Waals surface area contributed by atoms with Crippen LogP contribution in [0.5, 0.6) is 5.75 Å². The van der Waals surface area contributed by atoms with E-state index >= 15 is 0 Å². The Balaban J connectivity index is 1.74. The van der Waals surface area contributed by atoms with Crippen molar-refractivity contribution >= 4 is 5.97 Å². The lowest BCUT2D eigenvalue weighted by Gasteiger charge is -2.06. The van der Waals surface area contributed by atoms with Gasteiger partial charge in [-0.2, -0.15) is 0 Å². The maximum atomic E-state index is 12.1. The van der Waals surface area contributed by atoms with E-state index < -0.39 is 5.97 Å². The first-order chi connectivity index (χ1) is 11.5. The second-order valence-corrected chi connectivity index (χ2v) is 5.48. The van der Waals surface area contributed by atoms with E-state index in [1.165, 1.54) is 6.07 Å². The molecule has 3 aromatic rings. The largest absolute Gasteiger partial charge is 0.507 e. The molecule has 0 aliphatic carbocycles. The molecule has 0 bridgehead atoms. The predicted octanol–water partition coefficient (Wildman–Crippen LogP) is 4.02. The number of ether oxygens (including phenoxy) is 1. The van der Waals surface area contributed by atoms with E-state index in [-0.39, 0.29) is 17.9 Å². The van der Waals surface area contributed by atoms with E-state index in [4.69, 9.17) is 9.15 Å². The Kier molecular flexibility index (Phi) is 4.33. The summed E-state index contributed by atoms with van der Waals surface area (Å²) >= 11 is 0. The zero-order chi connectivity index (χ0) is 17.1. The Labute approximate surface area is 139 Å². The number of rotatable bonds is 4. The van der Waals surface area contributed by atoms with Crippen LogP contribution >= 0.6 is 0 Å². The standard InChI is InChI=1S/C19H17NO4/c1-12-8-9-17(21)15(10-12)19(22)23-11-16-13(2)24-18(20-16)14-6-4-3-5-7-14/h3-10,21H,11H2,1-2H3. The Morgan fingerprint density at radius 2 is 1.92 bits per heavy atom. The number of phenols is 1. The highest BCUT2D eigenvalue weighted by Crippen LogP contribution is 2.23. The topological polar surface area (TPSA) is 72.6 Å². The molecule has 0 atom stereocenters. The molecule has 0 unspecified atom stereocenters. The molecule has 0 amide bonds. The number of nitrogens with zero attached hydrogens (tertiary/aromatic N) is 1. The highest BCUT2D eigenvalue weighted by atomic mass is 16.5. The van der Waals surface area contributed by atoms with Crippen molar-refractivity contribution in [2.24, 2.45) is 0 Å². The number of phenolic OH excluding ortho intramolecular Hbond substituents is 1. The average molecular weight is 323 g/mol. The van der Waals surface area contributed by atoms with Gasteiger partial charge in [0, 0.05) is 5.56 Å². The van der Waals surface area contributed by atoms with E-state index in [2.05, 4.69) is 4.98 Å². The molecule has 0 saturated heterocycles. The van der Waals surface area contributed by atoms with Gasteiger partial charge in [-0.3, -0.25) is 0 Å². The third-order valence-electron chi connectivity index (χ3n) is 3.63. The molecule has 0 radical (unpaired) electrons. The van der Waals surface area contributed by atoms with Gasteiger partial charge in [-0.15, -0.1) is 0 Å². The molecule has 24 heavy (non-hydrogen) atoms. The summed E-state index contributed by atoms with van der Waals surface area (Å²) in [5.41, 5.74) is 2.41. The van der Waals surface area contributed by atoms with Crippen LogP contribution in [0.25, 0.3) is 11.5 Å². The van der Waals surface area contributed by atoms with Gasteiger partial charge in [0.2, 0.25) is 5.89 Å². The molecular formula is C19H17NO4. The Bertz CT molecular complexity index is 868. The third kappa shape index (κ3) is 3.30. The van der Waals surface area contributed by atoms with Crippen molar-refractivity contribution in [2.45, 2.75) is 20.5 Å². The molecule has 1 heterocycles.